The second kappa shape index (κ2) is 11.1. The van der Waals surface area contributed by atoms with Gasteiger partial charge in [-0.1, -0.05) is 36.4 Å². The van der Waals surface area contributed by atoms with Crippen LogP contribution < -0.4 is 9.62 Å². The highest BCUT2D eigenvalue weighted by Gasteiger charge is 2.31. The van der Waals surface area contributed by atoms with E-state index in [-0.39, 0.29) is 29.9 Å². The molecule has 0 saturated heterocycles. The molecule has 0 fully saturated rings. The summed E-state index contributed by atoms with van der Waals surface area (Å²) in [6, 6.07) is 11.8. The van der Waals surface area contributed by atoms with Gasteiger partial charge in [0.15, 0.2) is 0 Å². The number of hydrogen-bond acceptors (Lipinski definition) is 6. The quantitative estimate of drug-likeness (QED) is 0.402. The fraction of sp³-hybridized carbons (Fsp3) is 0.391. The zero-order valence-corrected chi connectivity index (χ0v) is 20.7. The van der Waals surface area contributed by atoms with Gasteiger partial charge in [-0.15, -0.1) is 0 Å². The van der Waals surface area contributed by atoms with Crippen molar-refractivity contribution in [3.63, 3.8) is 0 Å². The number of sulfonamides is 1. The molecule has 1 unspecified atom stereocenters. The summed E-state index contributed by atoms with van der Waals surface area (Å²) >= 11 is 0. The molecule has 2 rings (SSSR count). The number of non-ortho nitro benzene ring substituents is 1. The monoisotopic (exact) mass is 490 g/mol. The maximum absolute atomic E-state index is 13.4. The molecular weight excluding hydrogens is 460 g/mol. The minimum atomic E-state index is -3.99. The number of anilines is 1. The summed E-state index contributed by atoms with van der Waals surface area (Å²) in [6.45, 7) is 6.23. The molecule has 0 spiro atoms. The first-order valence-corrected chi connectivity index (χ1v) is 12.5. The molecule has 0 aliphatic carbocycles. The number of amides is 2. The molecule has 34 heavy (non-hydrogen) atoms. The lowest BCUT2D eigenvalue weighted by Gasteiger charge is -2.32. The van der Waals surface area contributed by atoms with Gasteiger partial charge in [0, 0.05) is 24.7 Å². The standard InChI is InChI=1S/C23H30N4O6S/c1-16(2)24-23(29)18(4)25(14-19-9-7-6-8-10-19)22(28)15-26(34(5,32)33)21-13-20(27(30)31)12-11-17(21)3/h6-13,16,18H,14-15H2,1-5H3,(H,24,29). The van der Waals surface area contributed by atoms with E-state index in [2.05, 4.69) is 5.32 Å². The second-order valence-corrected chi connectivity index (χ2v) is 10.3. The van der Waals surface area contributed by atoms with Crippen molar-refractivity contribution >= 4 is 33.2 Å². The van der Waals surface area contributed by atoms with Crippen molar-refractivity contribution in [3.05, 3.63) is 69.8 Å². The van der Waals surface area contributed by atoms with E-state index in [1.54, 1.807) is 52.0 Å². The Kier molecular flexibility index (Phi) is 8.74. The highest BCUT2D eigenvalue weighted by Crippen LogP contribution is 2.27. The number of hydrogen-bond donors (Lipinski definition) is 1. The molecule has 0 radical (unpaired) electrons. The van der Waals surface area contributed by atoms with Crippen LogP contribution in [0.4, 0.5) is 11.4 Å². The van der Waals surface area contributed by atoms with E-state index in [1.165, 1.54) is 17.0 Å². The number of nitro groups is 1. The Morgan fingerprint density at radius 2 is 1.71 bits per heavy atom. The van der Waals surface area contributed by atoms with Crippen LogP contribution in [0.3, 0.4) is 0 Å². The van der Waals surface area contributed by atoms with Gasteiger partial charge < -0.3 is 10.2 Å². The summed E-state index contributed by atoms with van der Waals surface area (Å²) in [4.78, 5) is 38.1. The molecule has 0 aliphatic rings. The van der Waals surface area contributed by atoms with Crippen molar-refractivity contribution < 1.29 is 22.9 Å². The van der Waals surface area contributed by atoms with Crippen molar-refractivity contribution in [1.82, 2.24) is 10.2 Å². The summed E-state index contributed by atoms with van der Waals surface area (Å²) in [5.41, 5.74) is 0.943. The van der Waals surface area contributed by atoms with Crippen LogP contribution in [0.15, 0.2) is 48.5 Å². The first kappa shape index (κ1) is 26.8. The molecule has 0 aromatic heterocycles. The number of carbonyl (C=O) groups is 2. The van der Waals surface area contributed by atoms with Crippen LogP contribution in [0.1, 0.15) is 31.9 Å². The summed E-state index contributed by atoms with van der Waals surface area (Å²) in [6.07, 6.45) is 0.926. The number of nitrogens with one attached hydrogen (secondary N) is 1. The topological polar surface area (TPSA) is 130 Å². The number of benzene rings is 2. The third-order valence-electron chi connectivity index (χ3n) is 5.15. The molecule has 184 valence electrons. The van der Waals surface area contributed by atoms with E-state index in [0.717, 1.165) is 22.2 Å². The van der Waals surface area contributed by atoms with Gasteiger partial charge in [-0.3, -0.25) is 24.0 Å². The minimum Gasteiger partial charge on any atom is -0.352 e. The highest BCUT2D eigenvalue weighted by molar-refractivity contribution is 7.92. The summed E-state index contributed by atoms with van der Waals surface area (Å²) in [5, 5.41) is 14.0. The predicted octanol–water partition coefficient (Wildman–Crippen LogP) is 2.61. The zero-order chi connectivity index (χ0) is 25.6. The lowest BCUT2D eigenvalue weighted by atomic mass is 10.1. The van der Waals surface area contributed by atoms with Gasteiger partial charge in [0.05, 0.1) is 16.9 Å². The van der Waals surface area contributed by atoms with E-state index in [4.69, 9.17) is 0 Å². The van der Waals surface area contributed by atoms with Crippen molar-refractivity contribution in [1.29, 1.82) is 0 Å². The maximum atomic E-state index is 13.4. The fourth-order valence-corrected chi connectivity index (χ4v) is 4.24. The average Bonchev–Trinajstić information content (AvgIpc) is 2.75. The van der Waals surface area contributed by atoms with E-state index >= 15 is 0 Å². The molecule has 1 N–H and O–H groups in total. The first-order chi connectivity index (χ1) is 15.8. The lowest BCUT2D eigenvalue weighted by Crippen LogP contribution is -2.52. The molecule has 2 aromatic rings. The SMILES string of the molecule is Cc1ccc([N+](=O)[O-])cc1N(CC(=O)N(Cc1ccccc1)C(C)C(=O)NC(C)C)S(C)(=O)=O. The van der Waals surface area contributed by atoms with Crippen molar-refractivity contribution in [2.45, 2.75) is 46.3 Å². The van der Waals surface area contributed by atoms with E-state index in [1.807, 2.05) is 6.07 Å². The van der Waals surface area contributed by atoms with Gasteiger partial charge >= 0.3 is 0 Å². The van der Waals surface area contributed by atoms with Crippen molar-refractivity contribution in [3.8, 4) is 0 Å². The molecule has 2 aromatic carbocycles. The molecule has 11 heteroatoms. The number of rotatable bonds is 10. The van der Waals surface area contributed by atoms with Crippen molar-refractivity contribution in [2.24, 2.45) is 0 Å². The van der Waals surface area contributed by atoms with Crippen LogP contribution in [0.5, 0.6) is 0 Å². The normalized spacial score (nSPS) is 12.2. The van der Waals surface area contributed by atoms with Gasteiger partial charge in [0.2, 0.25) is 21.8 Å². The Balaban J connectivity index is 2.46. The predicted molar refractivity (Wildman–Crippen MR) is 130 cm³/mol. The highest BCUT2D eigenvalue weighted by atomic mass is 32.2. The first-order valence-electron chi connectivity index (χ1n) is 10.7. The minimum absolute atomic E-state index is 0.0315. The average molecular weight is 491 g/mol. The molecular formula is C23H30N4O6S. The Morgan fingerprint density at radius 1 is 1.09 bits per heavy atom. The molecule has 0 heterocycles. The largest absolute Gasteiger partial charge is 0.352 e. The third kappa shape index (κ3) is 7.01. The molecule has 2 amide bonds. The molecule has 0 aliphatic heterocycles. The van der Waals surface area contributed by atoms with Crippen molar-refractivity contribution in [2.75, 3.05) is 17.1 Å². The van der Waals surface area contributed by atoms with Gasteiger partial charge in [-0.2, -0.15) is 0 Å². The summed E-state index contributed by atoms with van der Waals surface area (Å²) in [7, 11) is -3.99. The lowest BCUT2D eigenvalue weighted by molar-refractivity contribution is -0.384. The molecule has 0 bridgehead atoms. The Hall–Kier alpha value is -3.47. The second-order valence-electron chi connectivity index (χ2n) is 8.34. The maximum Gasteiger partial charge on any atom is 0.271 e. The number of aryl methyl sites for hydroxylation is 1. The smallest absolute Gasteiger partial charge is 0.271 e. The Labute approximate surface area is 199 Å². The van der Waals surface area contributed by atoms with E-state index < -0.39 is 33.4 Å². The third-order valence-corrected chi connectivity index (χ3v) is 6.27. The molecule has 0 saturated carbocycles. The van der Waals surface area contributed by atoms with Gasteiger partial charge in [0.25, 0.3) is 5.69 Å². The zero-order valence-electron chi connectivity index (χ0n) is 19.9. The van der Waals surface area contributed by atoms with Crippen LogP contribution in [-0.4, -0.2) is 54.9 Å². The summed E-state index contributed by atoms with van der Waals surface area (Å²) in [5.74, 6) is -0.997. The van der Waals surface area contributed by atoms with Crippen LogP contribution in [0.25, 0.3) is 0 Å². The number of carbonyl (C=O) groups excluding carboxylic acids is 2. The number of nitro benzene ring substituents is 1. The van der Waals surface area contributed by atoms with Crippen LogP contribution in [-0.2, 0) is 26.2 Å². The van der Waals surface area contributed by atoms with Crippen LogP contribution in [0.2, 0.25) is 0 Å². The van der Waals surface area contributed by atoms with Crippen LogP contribution >= 0.6 is 0 Å². The van der Waals surface area contributed by atoms with Gasteiger partial charge in [0.1, 0.15) is 12.6 Å². The fourth-order valence-electron chi connectivity index (χ4n) is 3.34. The van der Waals surface area contributed by atoms with Crippen LogP contribution in [0, 0.1) is 17.0 Å². The van der Waals surface area contributed by atoms with Gasteiger partial charge in [-0.05, 0) is 38.8 Å². The molecule has 1 atom stereocenters. The molecule has 10 nitrogen and oxygen atoms in total. The van der Waals surface area contributed by atoms with E-state index in [9.17, 15) is 28.1 Å². The van der Waals surface area contributed by atoms with E-state index in [0.29, 0.717) is 5.56 Å². The summed E-state index contributed by atoms with van der Waals surface area (Å²) < 4.78 is 26.1. The Bertz CT molecular complexity index is 1150. The number of nitrogens with zero attached hydrogens (tertiary/aromatic N) is 3. The van der Waals surface area contributed by atoms with Gasteiger partial charge in [-0.25, -0.2) is 8.42 Å². The Morgan fingerprint density at radius 3 is 2.24 bits per heavy atom.